The Bertz CT molecular complexity index is 2620. The number of anilines is 3. The topological polar surface area (TPSA) is 43.6 Å². The summed E-state index contributed by atoms with van der Waals surface area (Å²) in [6.45, 7) is 12.2. The summed E-state index contributed by atoms with van der Waals surface area (Å²) in [5.41, 5.74) is 11.5. The van der Waals surface area contributed by atoms with Gasteiger partial charge >= 0.3 is 0 Å². The highest BCUT2D eigenvalue weighted by molar-refractivity contribution is 7.24. The normalized spacial score (nSPS) is 15.0. The summed E-state index contributed by atoms with van der Waals surface area (Å²) >= 11 is 3.59. The SMILES string of the molecule is CCCCCCc1cc(C2=C(O)C(=CC3=[N+](CCCCCC)c4ccccc4C3(C)C)C2=O)sc1-c1sc(-c2ccc(N(c3ccccc3)c3ccccc3)cc2)cc1CCCCCC. The van der Waals surface area contributed by atoms with Crippen LogP contribution in [0.3, 0.4) is 0 Å². The van der Waals surface area contributed by atoms with Gasteiger partial charge in [-0.1, -0.05) is 139 Å². The van der Waals surface area contributed by atoms with E-state index in [-0.39, 0.29) is 17.0 Å². The molecule has 8 rings (SSSR count). The lowest BCUT2D eigenvalue weighted by atomic mass is 9.78. The highest BCUT2D eigenvalue weighted by atomic mass is 32.1. The number of aliphatic hydroxyl groups excluding tert-OH is 1. The number of allylic oxidation sites excluding steroid dienone is 3. The molecule has 0 saturated heterocycles. The van der Waals surface area contributed by atoms with E-state index < -0.39 is 0 Å². The molecule has 0 fully saturated rings. The molecule has 6 heteroatoms. The van der Waals surface area contributed by atoms with Gasteiger partial charge in [-0.3, -0.25) is 4.79 Å². The number of ketones is 1. The van der Waals surface area contributed by atoms with E-state index in [0.29, 0.717) is 11.1 Å². The number of aliphatic hydroxyl groups is 1. The van der Waals surface area contributed by atoms with E-state index in [9.17, 15) is 9.90 Å². The highest BCUT2D eigenvalue weighted by Crippen LogP contribution is 2.49. The average Bonchev–Trinajstić information content (AvgIpc) is 4.00. The Balaban J connectivity index is 1.16. The number of carbonyl (C=O) groups excluding carboxylic acids is 1. The lowest BCUT2D eigenvalue weighted by Gasteiger charge is -2.25. The summed E-state index contributed by atoms with van der Waals surface area (Å²) in [5.74, 6) is 0.0853. The molecular formula is C59H67N2O2S2+. The minimum Gasteiger partial charge on any atom is -0.506 e. The van der Waals surface area contributed by atoms with Gasteiger partial charge in [-0.15, -0.1) is 22.7 Å². The fourth-order valence-electron chi connectivity index (χ4n) is 9.70. The summed E-state index contributed by atoms with van der Waals surface area (Å²) < 4.78 is 2.40. The van der Waals surface area contributed by atoms with Crippen molar-refractivity contribution in [3.05, 3.63) is 160 Å². The number of Topliss-reactive ketones (excluding diaryl/α,β-unsaturated/α-hetero) is 1. The van der Waals surface area contributed by atoms with Crippen molar-refractivity contribution in [3.8, 4) is 20.2 Å². The van der Waals surface area contributed by atoms with Gasteiger partial charge in [0, 0.05) is 60.7 Å². The third-order valence-corrected chi connectivity index (χ3v) is 16.0. The van der Waals surface area contributed by atoms with Crippen molar-refractivity contribution in [2.75, 3.05) is 11.4 Å². The molecule has 3 heterocycles. The number of para-hydroxylation sites is 3. The lowest BCUT2D eigenvalue weighted by Crippen LogP contribution is -2.31. The van der Waals surface area contributed by atoms with Crippen molar-refractivity contribution in [1.82, 2.24) is 0 Å². The second-order valence-electron chi connectivity index (χ2n) is 18.5. The number of hydrogen-bond donors (Lipinski definition) is 1. The second-order valence-corrected chi connectivity index (χ2v) is 20.6. The number of thiophene rings is 2. The van der Waals surface area contributed by atoms with Crippen molar-refractivity contribution in [3.63, 3.8) is 0 Å². The van der Waals surface area contributed by atoms with Crippen molar-refractivity contribution in [2.24, 2.45) is 0 Å². The molecular weight excluding hydrogens is 833 g/mol. The Morgan fingerprint density at radius 3 is 1.68 bits per heavy atom. The molecule has 0 saturated carbocycles. The zero-order valence-corrected chi connectivity index (χ0v) is 40.9. The van der Waals surface area contributed by atoms with Gasteiger partial charge < -0.3 is 10.0 Å². The number of carbonyl (C=O) groups is 1. The molecule has 6 aromatic rings. The zero-order chi connectivity index (χ0) is 45.3. The van der Waals surface area contributed by atoms with Gasteiger partial charge in [-0.05, 0) is 111 Å². The Hall–Kier alpha value is -5.30. The van der Waals surface area contributed by atoms with E-state index in [1.54, 1.807) is 11.3 Å². The van der Waals surface area contributed by atoms with Crippen LogP contribution in [0.4, 0.5) is 22.7 Å². The average molecular weight is 900 g/mol. The molecule has 0 unspecified atom stereocenters. The third-order valence-electron chi connectivity index (χ3n) is 13.4. The molecule has 0 bridgehead atoms. The van der Waals surface area contributed by atoms with Gasteiger partial charge in [0.15, 0.2) is 5.71 Å². The van der Waals surface area contributed by atoms with Gasteiger partial charge in [0.05, 0.1) is 16.6 Å². The van der Waals surface area contributed by atoms with E-state index in [1.807, 2.05) is 17.4 Å². The maximum absolute atomic E-state index is 14.4. The van der Waals surface area contributed by atoms with E-state index in [0.717, 1.165) is 66.3 Å². The summed E-state index contributed by atoms with van der Waals surface area (Å²) in [7, 11) is 0. The first-order valence-electron chi connectivity index (χ1n) is 24.5. The van der Waals surface area contributed by atoms with Crippen LogP contribution in [0.5, 0.6) is 0 Å². The predicted molar refractivity (Wildman–Crippen MR) is 279 cm³/mol. The zero-order valence-electron chi connectivity index (χ0n) is 39.3. The molecule has 1 N–H and O–H groups in total. The summed E-state index contributed by atoms with van der Waals surface area (Å²) in [6, 6.07) is 43.5. The van der Waals surface area contributed by atoms with Crippen LogP contribution in [0, 0.1) is 0 Å². The Morgan fingerprint density at radius 2 is 1.11 bits per heavy atom. The largest absolute Gasteiger partial charge is 0.506 e. The first-order valence-corrected chi connectivity index (χ1v) is 26.1. The first-order chi connectivity index (χ1) is 31.7. The van der Waals surface area contributed by atoms with Crippen LogP contribution in [0.2, 0.25) is 0 Å². The summed E-state index contributed by atoms with van der Waals surface area (Å²) in [5, 5.41) is 11.9. The summed E-state index contributed by atoms with van der Waals surface area (Å²) in [4.78, 5) is 21.5. The van der Waals surface area contributed by atoms with Gasteiger partial charge in [-0.2, -0.15) is 4.58 Å². The monoisotopic (exact) mass is 899 g/mol. The molecule has 0 amide bonds. The number of rotatable bonds is 22. The number of hydrogen-bond acceptors (Lipinski definition) is 5. The van der Waals surface area contributed by atoms with Crippen LogP contribution >= 0.6 is 22.7 Å². The first kappa shape index (κ1) is 46.2. The van der Waals surface area contributed by atoms with Crippen LogP contribution in [0.1, 0.15) is 133 Å². The number of aryl methyl sites for hydroxylation is 2. The van der Waals surface area contributed by atoms with Crippen LogP contribution in [0.15, 0.2) is 139 Å². The molecule has 4 nitrogen and oxygen atoms in total. The summed E-state index contributed by atoms with van der Waals surface area (Å²) in [6.07, 6.45) is 18.2. The van der Waals surface area contributed by atoms with Crippen LogP contribution in [-0.4, -0.2) is 27.7 Å². The molecule has 2 aromatic heterocycles. The number of benzene rings is 4. The van der Waals surface area contributed by atoms with E-state index in [2.05, 4.69) is 165 Å². The number of nitrogens with zero attached hydrogens (tertiary/aromatic N) is 2. The third kappa shape index (κ3) is 9.95. The van der Waals surface area contributed by atoms with Gasteiger partial charge in [0.1, 0.15) is 12.3 Å². The van der Waals surface area contributed by atoms with Crippen molar-refractivity contribution >= 4 is 62.5 Å². The van der Waals surface area contributed by atoms with Crippen molar-refractivity contribution < 1.29 is 14.5 Å². The van der Waals surface area contributed by atoms with Crippen LogP contribution in [0.25, 0.3) is 25.8 Å². The Kier molecular flexibility index (Phi) is 15.2. The maximum atomic E-state index is 14.4. The highest BCUT2D eigenvalue weighted by Gasteiger charge is 2.46. The molecule has 336 valence electrons. The van der Waals surface area contributed by atoms with E-state index in [1.165, 1.54) is 100 Å². The van der Waals surface area contributed by atoms with Gasteiger partial charge in [0.25, 0.3) is 0 Å². The van der Waals surface area contributed by atoms with Crippen LogP contribution < -0.4 is 4.90 Å². The molecule has 0 atom stereocenters. The van der Waals surface area contributed by atoms with Gasteiger partial charge in [0.2, 0.25) is 11.5 Å². The molecule has 4 aromatic carbocycles. The number of fused-ring (bicyclic) bond motifs is 1. The van der Waals surface area contributed by atoms with Crippen LogP contribution in [-0.2, 0) is 23.1 Å². The van der Waals surface area contributed by atoms with Crippen molar-refractivity contribution in [1.29, 1.82) is 0 Å². The molecule has 1 aliphatic carbocycles. The Morgan fingerprint density at radius 1 is 0.600 bits per heavy atom. The van der Waals surface area contributed by atoms with Crippen molar-refractivity contribution in [2.45, 2.75) is 130 Å². The molecule has 2 aliphatic rings. The fourth-order valence-corrected chi connectivity index (χ4v) is 12.4. The molecule has 0 radical (unpaired) electrons. The standard InChI is InChI=1S/C59H66N2O2S2/c1-6-9-12-17-26-43-39-51(42-34-36-47(37-35-42)61(45-28-19-15-20-29-45)46-30-21-16-22-31-46)64-57(43)58-44(27-18-13-10-7-2)40-52(65-58)54-55(62)48(56(54)63)41-53-59(4,5)49-32-23-24-33-50(49)60(53)38-25-14-11-8-3/h15-16,19-24,28-37,39-41H,6-14,17-18,25-27,38H2,1-5H3/p+1. The lowest BCUT2D eigenvalue weighted by molar-refractivity contribution is -0.438. The second kappa shape index (κ2) is 21.3. The predicted octanol–water partition coefficient (Wildman–Crippen LogP) is 17.3. The minimum absolute atomic E-state index is 0.0511. The fraction of sp³-hybridized carbons (Fsp3) is 0.356. The quantitative estimate of drug-likeness (QED) is 0.0419. The van der Waals surface area contributed by atoms with Gasteiger partial charge in [-0.25, -0.2) is 0 Å². The molecule has 0 spiro atoms. The number of unbranched alkanes of at least 4 members (excludes halogenated alkanes) is 9. The van der Waals surface area contributed by atoms with E-state index >= 15 is 0 Å². The minimum atomic E-state index is -0.291. The Labute approximate surface area is 396 Å². The molecule has 1 aliphatic heterocycles. The van der Waals surface area contributed by atoms with E-state index in [4.69, 9.17) is 0 Å². The maximum Gasteiger partial charge on any atom is 0.209 e. The smallest absolute Gasteiger partial charge is 0.209 e. The molecule has 65 heavy (non-hydrogen) atoms.